The van der Waals surface area contributed by atoms with E-state index in [-0.39, 0.29) is 0 Å². The minimum absolute atomic E-state index is 0.712. The molecule has 0 aromatic heterocycles. The van der Waals surface area contributed by atoms with Crippen LogP contribution in [0.2, 0.25) is 0 Å². The smallest absolute Gasteiger partial charge is 0.0631 e. The van der Waals surface area contributed by atoms with Gasteiger partial charge in [0.1, 0.15) is 0 Å². The van der Waals surface area contributed by atoms with Crippen LogP contribution in [0.5, 0.6) is 0 Å². The first-order valence-corrected chi connectivity index (χ1v) is 4.31. The van der Waals surface area contributed by atoms with E-state index in [0.717, 1.165) is 0 Å². The van der Waals surface area contributed by atoms with Crippen LogP contribution in [-0.2, 0) is 0 Å². The highest BCUT2D eigenvalue weighted by Gasteiger charge is 2.24. The number of benzene rings is 1. The lowest BCUT2D eigenvalue weighted by Gasteiger charge is -1.87. The second-order valence-electron chi connectivity index (χ2n) is 2.06. The van der Waals surface area contributed by atoms with Gasteiger partial charge < -0.3 is 0 Å². The molecule has 1 nitrogen and oxygen atoms in total. The number of nitrogens with zero attached hydrogens (tertiary/aromatic N) is 1. The van der Waals surface area contributed by atoms with Gasteiger partial charge in [-0.15, -0.1) is 0 Å². The molecule has 0 fully saturated rings. The van der Waals surface area contributed by atoms with Gasteiger partial charge in [-0.05, 0) is 4.85 Å². The van der Waals surface area contributed by atoms with Gasteiger partial charge in [0.15, 0.2) is 0 Å². The molecule has 12 heavy (non-hydrogen) atoms. The lowest BCUT2D eigenvalue weighted by Crippen LogP contribution is -1.93. The van der Waals surface area contributed by atoms with Crippen molar-refractivity contribution in [3.05, 3.63) is 35.2 Å². The Kier molecular flexibility index (Phi) is 3.22. The first kappa shape index (κ1) is 9.67. The number of rotatable bonds is 0. The zero-order chi connectivity index (χ0) is 9.03. The van der Waals surface area contributed by atoms with Crippen molar-refractivity contribution < 1.29 is 0 Å². The van der Waals surface area contributed by atoms with E-state index >= 15 is 0 Å². The van der Waals surface area contributed by atoms with E-state index in [4.69, 9.17) is 34.8 Å². The van der Waals surface area contributed by atoms with Crippen LogP contribution in [0.4, 0.5) is 5.69 Å². The molecule has 1 rings (SSSR count). The molecule has 0 atom stereocenters. The molecule has 0 saturated carbocycles. The molecule has 0 spiro atoms. The van der Waals surface area contributed by atoms with E-state index in [9.17, 15) is 0 Å². The first-order valence-electron chi connectivity index (χ1n) is 3.17. The molecular formula is C8H5Cl3N+. The van der Waals surface area contributed by atoms with Crippen LogP contribution in [0.15, 0.2) is 30.3 Å². The van der Waals surface area contributed by atoms with Crippen molar-refractivity contribution in [3.8, 4) is 6.07 Å². The van der Waals surface area contributed by atoms with E-state index in [1.807, 2.05) is 18.2 Å². The van der Waals surface area contributed by atoms with Gasteiger partial charge in [-0.2, -0.15) is 0 Å². The molecular weight excluding hydrogens is 216 g/mol. The number of hydrogen-bond acceptors (Lipinski definition) is 0. The summed E-state index contributed by atoms with van der Waals surface area (Å²) < 4.78 is -1.55. The summed E-state index contributed by atoms with van der Waals surface area (Å²) in [5.41, 5.74) is 0.712. The molecule has 0 aliphatic rings. The highest BCUT2D eigenvalue weighted by Crippen LogP contribution is 2.25. The largest absolute Gasteiger partial charge is 0.340 e. The summed E-state index contributed by atoms with van der Waals surface area (Å²) >= 11 is 16.2. The maximum absolute atomic E-state index is 5.41. The summed E-state index contributed by atoms with van der Waals surface area (Å²) in [5.74, 6) is 0. The van der Waals surface area contributed by atoms with Crippen molar-refractivity contribution in [3.63, 3.8) is 0 Å². The molecule has 0 N–H and O–H groups in total. The average Bonchev–Trinajstić information content (AvgIpc) is 2.02. The zero-order valence-electron chi connectivity index (χ0n) is 5.97. The summed E-state index contributed by atoms with van der Waals surface area (Å²) in [4.78, 5) is 3.83. The van der Waals surface area contributed by atoms with Gasteiger partial charge in [0.25, 0.3) is 0 Å². The van der Waals surface area contributed by atoms with E-state index < -0.39 is 3.79 Å². The summed E-state index contributed by atoms with van der Waals surface area (Å²) in [6, 6.07) is 11.5. The van der Waals surface area contributed by atoms with Gasteiger partial charge in [-0.1, -0.05) is 53.0 Å². The third-order valence-electron chi connectivity index (χ3n) is 1.07. The molecule has 0 saturated heterocycles. The normalized spacial score (nSPS) is 10.2. The molecule has 0 aliphatic heterocycles. The van der Waals surface area contributed by atoms with E-state index in [0.29, 0.717) is 5.69 Å². The van der Waals surface area contributed by atoms with E-state index in [1.54, 1.807) is 12.1 Å². The minimum Gasteiger partial charge on any atom is -0.0631 e. The van der Waals surface area contributed by atoms with Gasteiger partial charge in [-0.3, -0.25) is 0 Å². The SMILES string of the molecule is ClC(Cl)(Cl)C#[N+]c1ccccc1. The Bertz CT molecular complexity index is 305. The Hall–Kier alpha value is -0.420. The Balaban J connectivity index is 2.81. The second kappa shape index (κ2) is 4.00. The van der Waals surface area contributed by atoms with Crippen LogP contribution >= 0.6 is 34.8 Å². The topological polar surface area (TPSA) is 4.36 Å². The quantitative estimate of drug-likeness (QED) is 0.583. The highest BCUT2D eigenvalue weighted by molar-refractivity contribution is 6.69. The van der Waals surface area contributed by atoms with Crippen molar-refractivity contribution in [1.82, 2.24) is 0 Å². The third kappa shape index (κ3) is 3.82. The predicted molar refractivity (Wildman–Crippen MR) is 53.6 cm³/mol. The maximum Gasteiger partial charge on any atom is 0.340 e. The fraction of sp³-hybridized carbons (Fsp3) is 0.125. The predicted octanol–water partition coefficient (Wildman–Crippen LogP) is 4.02. The van der Waals surface area contributed by atoms with Crippen molar-refractivity contribution in [1.29, 1.82) is 0 Å². The number of hydrogen-bond donors (Lipinski definition) is 0. The van der Waals surface area contributed by atoms with Crippen molar-refractivity contribution in [2.75, 3.05) is 0 Å². The molecule has 0 bridgehead atoms. The molecule has 0 unspecified atom stereocenters. The zero-order valence-corrected chi connectivity index (χ0v) is 8.24. The van der Waals surface area contributed by atoms with Crippen molar-refractivity contribution in [2.45, 2.75) is 3.79 Å². The lowest BCUT2D eigenvalue weighted by molar-refractivity contribution is 1.55. The van der Waals surface area contributed by atoms with Crippen molar-refractivity contribution in [2.24, 2.45) is 0 Å². The van der Waals surface area contributed by atoms with Crippen LogP contribution in [-0.4, -0.2) is 3.79 Å². The molecule has 0 aliphatic carbocycles. The monoisotopic (exact) mass is 220 g/mol. The second-order valence-corrected chi connectivity index (χ2v) is 4.34. The lowest BCUT2D eigenvalue weighted by atomic mass is 10.3. The fourth-order valence-corrected chi connectivity index (χ4v) is 0.757. The van der Waals surface area contributed by atoms with Crippen LogP contribution in [0.3, 0.4) is 0 Å². The summed E-state index contributed by atoms with van der Waals surface area (Å²) in [5, 5.41) is 0. The Morgan fingerprint density at radius 3 is 2.17 bits per heavy atom. The minimum atomic E-state index is -1.55. The molecule has 1 aromatic carbocycles. The standard InChI is InChI=1S/C8H5Cl3N/c9-8(10,11)6-12-7-4-2-1-3-5-7/h1-5H/q+1. The van der Waals surface area contributed by atoms with Crippen LogP contribution in [0.1, 0.15) is 0 Å². The number of alkyl halides is 3. The summed E-state index contributed by atoms with van der Waals surface area (Å²) in [6.45, 7) is 0. The van der Waals surface area contributed by atoms with Gasteiger partial charge in [0.2, 0.25) is 0 Å². The molecule has 0 radical (unpaired) electrons. The van der Waals surface area contributed by atoms with Gasteiger partial charge in [0.05, 0.1) is 0 Å². The van der Waals surface area contributed by atoms with Crippen LogP contribution in [0, 0.1) is 6.07 Å². The third-order valence-corrected chi connectivity index (χ3v) is 1.32. The Morgan fingerprint density at radius 1 is 1.08 bits per heavy atom. The summed E-state index contributed by atoms with van der Waals surface area (Å²) in [7, 11) is 0. The van der Waals surface area contributed by atoms with E-state index in [2.05, 4.69) is 10.9 Å². The summed E-state index contributed by atoms with van der Waals surface area (Å²) in [6.07, 6.45) is 0. The van der Waals surface area contributed by atoms with Gasteiger partial charge in [-0.25, -0.2) is 0 Å². The maximum atomic E-state index is 5.41. The Labute approximate surface area is 85.7 Å². The number of para-hydroxylation sites is 1. The molecule has 0 heterocycles. The Morgan fingerprint density at radius 2 is 1.67 bits per heavy atom. The molecule has 4 heteroatoms. The van der Waals surface area contributed by atoms with Crippen LogP contribution in [0.25, 0.3) is 4.85 Å². The molecule has 62 valence electrons. The highest BCUT2D eigenvalue weighted by atomic mass is 35.6. The van der Waals surface area contributed by atoms with Crippen LogP contribution < -0.4 is 0 Å². The van der Waals surface area contributed by atoms with Crippen molar-refractivity contribution >= 4 is 40.5 Å². The van der Waals surface area contributed by atoms with E-state index in [1.165, 1.54) is 0 Å². The average molecular weight is 221 g/mol. The fourth-order valence-electron chi connectivity index (χ4n) is 0.630. The first-order chi connectivity index (χ1) is 5.58. The molecule has 0 amide bonds. The van der Waals surface area contributed by atoms with Gasteiger partial charge in [0, 0.05) is 12.1 Å². The molecule has 1 aromatic rings. The number of halogens is 3. The van der Waals surface area contributed by atoms with Gasteiger partial charge >= 0.3 is 15.5 Å².